The van der Waals surface area contributed by atoms with Gasteiger partial charge < -0.3 is 19.5 Å². The van der Waals surface area contributed by atoms with Crippen molar-refractivity contribution < 1.29 is 19.0 Å². The molecular formula is C20H25NO4. The predicted octanol–water partition coefficient (Wildman–Crippen LogP) is 2.92. The van der Waals surface area contributed by atoms with E-state index < -0.39 is 0 Å². The summed E-state index contributed by atoms with van der Waals surface area (Å²) in [6.07, 6.45) is 1.06. The van der Waals surface area contributed by atoms with E-state index in [0.717, 1.165) is 11.1 Å². The predicted molar refractivity (Wildman–Crippen MR) is 97.7 cm³/mol. The number of carbonyl (C=O) groups excluding carboxylic acids is 1. The van der Waals surface area contributed by atoms with E-state index >= 15 is 0 Å². The highest BCUT2D eigenvalue weighted by molar-refractivity contribution is 5.78. The summed E-state index contributed by atoms with van der Waals surface area (Å²) in [6, 6.07) is 11.8. The van der Waals surface area contributed by atoms with Crippen molar-refractivity contribution in [3.05, 3.63) is 53.1 Å². The molecule has 0 aromatic heterocycles. The molecule has 1 amide bonds. The van der Waals surface area contributed by atoms with Gasteiger partial charge in [0.1, 0.15) is 0 Å². The fraction of sp³-hybridized carbons (Fsp3) is 0.350. The monoisotopic (exact) mass is 343 g/mol. The van der Waals surface area contributed by atoms with E-state index in [0.29, 0.717) is 36.6 Å². The molecule has 2 aromatic rings. The molecule has 0 saturated heterocycles. The minimum Gasteiger partial charge on any atom is -0.493 e. The van der Waals surface area contributed by atoms with Gasteiger partial charge in [-0.2, -0.15) is 0 Å². The highest BCUT2D eigenvalue weighted by Gasteiger charge is 2.13. The maximum Gasteiger partial charge on any atom is 0.224 e. The van der Waals surface area contributed by atoms with Gasteiger partial charge in [-0.05, 0) is 36.6 Å². The molecule has 0 heterocycles. The van der Waals surface area contributed by atoms with Crippen molar-refractivity contribution in [2.24, 2.45) is 0 Å². The molecule has 0 aliphatic heterocycles. The zero-order valence-corrected chi connectivity index (χ0v) is 15.2. The van der Waals surface area contributed by atoms with Gasteiger partial charge in [0.25, 0.3) is 0 Å². The van der Waals surface area contributed by atoms with Crippen LogP contribution in [0.15, 0.2) is 36.4 Å². The van der Waals surface area contributed by atoms with E-state index in [1.54, 1.807) is 21.3 Å². The second kappa shape index (κ2) is 8.97. The summed E-state index contributed by atoms with van der Waals surface area (Å²) in [5.74, 6) is 1.80. The summed E-state index contributed by atoms with van der Waals surface area (Å²) in [5.41, 5.74) is 3.20. The number of amides is 1. The number of benzene rings is 2. The van der Waals surface area contributed by atoms with Crippen LogP contribution in [0.3, 0.4) is 0 Å². The van der Waals surface area contributed by atoms with Crippen molar-refractivity contribution in [1.82, 2.24) is 5.32 Å². The van der Waals surface area contributed by atoms with Crippen LogP contribution in [0, 0.1) is 6.92 Å². The highest BCUT2D eigenvalue weighted by atomic mass is 16.5. The van der Waals surface area contributed by atoms with Gasteiger partial charge in [-0.1, -0.05) is 29.8 Å². The lowest BCUT2D eigenvalue weighted by atomic mass is 10.1. The average Bonchev–Trinajstić information content (AvgIpc) is 2.62. The van der Waals surface area contributed by atoms with Crippen molar-refractivity contribution in [2.75, 3.05) is 27.9 Å². The van der Waals surface area contributed by atoms with Gasteiger partial charge in [-0.25, -0.2) is 0 Å². The average molecular weight is 343 g/mol. The molecule has 1 N–H and O–H groups in total. The topological polar surface area (TPSA) is 56.8 Å². The Morgan fingerprint density at radius 3 is 2.04 bits per heavy atom. The van der Waals surface area contributed by atoms with Crippen LogP contribution < -0.4 is 19.5 Å². The molecular weight excluding hydrogens is 318 g/mol. The summed E-state index contributed by atoms with van der Waals surface area (Å²) in [6.45, 7) is 2.57. The van der Waals surface area contributed by atoms with Crippen LogP contribution in [0.1, 0.15) is 16.7 Å². The summed E-state index contributed by atoms with van der Waals surface area (Å²) in [5, 5.41) is 2.95. The Balaban J connectivity index is 1.92. The Hall–Kier alpha value is -2.69. The Labute approximate surface area is 148 Å². The van der Waals surface area contributed by atoms with Crippen molar-refractivity contribution in [1.29, 1.82) is 0 Å². The number of hydrogen-bond donors (Lipinski definition) is 1. The molecule has 2 aromatic carbocycles. The maximum absolute atomic E-state index is 12.1. The molecule has 25 heavy (non-hydrogen) atoms. The van der Waals surface area contributed by atoms with Crippen LogP contribution in [0.25, 0.3) is 0 Å². The van der Waals surface area contributed by atoms with Gasteiger partial charge in [-0.15, -0.1) is 0 Å². The fourth-order valence-electron chi connectivity index (χ4n) is 2.58. The molecule has 0 saturated carbocycles. The highest BCUT2D eigenvalue weighted by Crippen LogP contribution is 2.38. The van der Waals surface area contributed by atoms with Crippen LogP contribution in [-0.4, -0.2) is 33.8 Å². The van der Waals surface area contributed by atoms with Gasteiger partial charge in [0, 0.05) is 6.54 Å². The van der Waals surface area contributed by atoms with Crippen LogP contribution in [0.5, 0.6) is 17.2 Å². The molecule has 0 aliphatic carbocycles. The zero-order chi connectivity index (χ0) is 18.2. The maximum atomic E-state index is 12.1. The summed E-state index contributed by atoms with van der Waals surface area (Å²) in [7, 11) is 4.75. The zero-order valence-electron chi connectivity index (χ0n) is 15.2. The third-order valence-electron chi connectivity index (χ3n) is 3.95. The molecule has 0 unspecified atom stereocenters. The lowest BCUT2D eigenvalue weighted by Gasteiger charge is -2.14. The van der Waals surface area contributed by atoms with Gasteiger partial charge in [0.05, 0.1) is 27.8 Å². The minimum atomic E-state index is 0.0105. The first-order valence-corrected chi connectivity index (χ1v) is 8.18. The number of aryl methyl sites for hydroxylation is 1. The summed E-state index contributed by atoms with van der Waals surface area (Å²) >= 11 is 0. The summed E-state index contributed by atoms with van der Waals surface area (Å²) in [4.78, 5) is 12.1. The molecule has 0 spiro atoms. The molecule has 134 valence electrons. The lowest BCUT2D eigenvalue weighted by molar-refractivity contribution is -0.120. The van der Waals surface area contributed by atoms with Gasteiger partial charge in [0.15, 0.2) is 11.5 Å². The number of methoxy groups -OCH3 is 3. The Kier molecular flexibility index (Phi) is 6.69. The number of rotatable bonds is 8. The van der Waals surface area contributed by atoms with E-state index in [1.165, 1.54) is 5.56 Å². The van der Waals surface area contributed by atoms with Crippen molar-refractivity contribution in [3.63, 3.8) is 0 Å². The Bertz CT molecular complexity index is 685. The van der Waals surface area contributed by atoms with E-state index in [9.17, 15) is 4.79 Å². The second-order valence-corrected chi connectivity index (χ2v) is 5.80. The number of carbonyl (C=O) groups is 1. The van der Waals surface area contributed by atoms with E-state index in [-0.39, 0.29) is 5.91 Å². The normalized spacial score (nSPS) is 10.2. The van der Waals surface area contributed by atoms with Crippen molar-refractivity contribution in [3.8, 4) is 17.2 Å². The third-order valence-corrected chi connectivity index (χ3v) is 3.95. The third kappa shape index (κ3) is 5.14. The number of ether oxygens (including phenoxy) is 3. The standard InChI is InChI=1S/C20H25NO4/c1-14-5-7-15(8-6-14)13-19(22)21-10-9-16-11-17(23-2)20(25-4)18(12-16)24-3/h5-8,11-12H,9-10,13H2,1-4H3,(H,21,22). The van der Waals surface area contributed by atoms with E-state index in [2.05, 4.69) is 5.32 Å². The van der Waals surface area contributed by atoms with Crippen molar-refractivity contribution in [2.45, 2.75) is 19.8 Å². The molecule has 0 aliphatic rings. The smallest absolute Gasteiger partial charge is 0.224 e. The SMILES string of the molecule is COc1cc(CCNC(=O)Cc2ccc(C)cc2)cc(OC)c1OC. The Morgan fingerprint density at radius 2 is 1.52 bits per heavy atom. The minimum absolute atomic E-state index is 0.0105. The molecule has 5 heteroatoms. The molecule has 0 atom stereocenters. The molecule has 0 bridgehead atoms. The molecule has 0 fully saturated rings. The first kappa shape index (κ1) is 18.6. The second-order valence-electron chi connectivity index (χ2n) is 5.80. The van der Waals surface area contributed by atoms with Crippen molar-refractivity contribution >= 4 is 5.91 Å². The Morgan fingerprint density at radius 1 is 0.920 bits per heavy atom. The lowest BCUT2D eigenvalue weighted by Crippen LogP contribution is -2.27. The van der Waals surface area contributed by atoms with Crippen LogP contribution in [0.2, 0.25) is 0 Å². The number of hydrogen-bond acceptors (Lipinski definition) is 4. The van der Waals surface area contributed by atoms with E-state index in [1.807, 2.05) is 43.3 Å². The molecule has 2 rings (SSSR count). The summed E-state index contributed by atoms with van der Waals surface area (Å²) < 4.78 is 16.0. The first-order valence-electron chi connectivity index (χ1n) is 8.18. The van der Waals surface area contributed by atoms with Gasteiger partial charge in [-0.3, -0.25) is 4.79 Å². The first-order chi connectivity index (χ1) is 12.1. The fourth-order valence-corrected chi connectivity index (χ4v) is 2.58. The van der Waals surface area contributed by atoms with E-state index in [4.69, 9.17) is 14.2 Å². The van der Waals surface area contributed by atoms with Crippen LogP contribution in [-0.2, 0) is 17.6 Å². The largest absolute Gasteiger partial charge is 0.493 e. The number of nitrogens with one attached hydrogen (secondary N) is 1. The van der Waals surface area contributed by atoms with Crippen LogP contribution in [0.4, 0.5) is 0 Å². The molecule has 0 radical (unpaired) electrons. The van der Waals surface area contributed by atoms with Crippen LogP contribution >= 0.6 is 0 Å². The van der Waals surface area contributed by atoms with Gasteiger partial charge >= 0.3 is 0 Å². The quantitative estimate of drug-likeness (QED) is 0.801. The molecule has 5 nitrogen and oxygen atoms in total. The van der Waals surface area contributed by atoms with Gasteiger partial charge in [0.2, 0.25) is 11.7 Å².